The van der Waals surface area contributed by atoms with Crippen molar-refractivity contribution in [3.63, 3.8) is 0 Å². The summed E-state index contributed by atoms with van der Waals surface area (Å²) in [4.78, 5) is 12.6. The van der Waals surface area contributed by atoms with E-state index in [0.717, 1.165) is 25.0 Å². The van der Waals surface area contributed by atoms with Gasteiger partial charge in [0.2, 0.25) is 0 Å². The number of esters is 1. The molecule has 3 rings (SSSR count). The molecule has 0 bridgehead atoms. The summed E-state index contributed by atoms with van der Waals surface area (Å²) < 4.78 is 38.0. The summed E-state index contributed by atoms with van der Waals surface area (Å²) in [5.74, 6) is 0.361. The highest BCUT2D eigenvalue weighted by Gasteiger charge is 2.41. The molecule has 0 amide bonds. The Morgan fingerprint density at radius 2 is 1.62 bits per heavy atom. The maximum absolute atomic E-state index is 14.9. The summed E-state index contributed by atoms with van der Waals surface area (Å²) in [6, 6.07) is 7.00. The highest BCUT2D eigenvalue weighted by Crippen LogP contribution is 2.37. The lowest BCUT2D eigenvalue weighted by molar-refractivity contribution is -0.233. The van der Waals surface area contributed by atoms with E-state index in [0.29, 0.717) is 44.3 Å². The maximum Gasteiger partial charge on any atom is 0.317 e. The molecule has 2 fully saturated rings. The summed E-state index contributed by atoms with van der Waals surface area (Å²) in [7, 11) is 0. The normalized spacial score (nSPS) is 27.3. The van der Waals surface area contributed by atoms with Gasteiger partial charge in [0.05, 0.1) is 25.7 Å². The number of carbonyl (C=O) groups is 1. The first-order valence-electron chi connectivity index (χ1n) is 13.4. The van der Waals surface area contributed by atoms with Gasteiger partial charge in [0.1, 0.15) is 17.7 Å². The monoisotopic (exact) mass is 478 g/mol. The van der Waals surface area contributed by atoms with Crippen LogP contribution in [0.5, 0.6) is 11.5 Å². The van der Waals surface area contributed by atoms with Crippen LogP contribution in [0.1, 0.15) is 84.5 Å². The Kier molecular flexibility index (Phi) is 11.6. The first-order valence-corrected chi connectivity index (χ1v) is 13.4. The van der Waals surface area contributed by atoms with E-state index in [1.54, 1.807) is 24.3 Å². The quantitative estimate of drug-likeness (QED) is 0.176. The van der Waals surface area contributed by atoms with Crippen LogP contribution in [-0.2, 0) is 14.3 Å². The fourth-order valence-corrected chi connectivity index (χ4v) is 4.85. The number of halogens is 1. The first-order chi connectivity index (χ1) is 16.6. The average Bonchev–Trinajstić information content (AvgIpc) is 2.85. The predicted molar refractivity (Wildman–Crippen MR) is 131 cm³/mol. The Morgan fingerprint density at radius 3 is 2.29 bits per heavy atom. The molecule has 2 aliphatic rings. The average molecular weight is 479 g/mol. The van der Waals surface area contributed by atoms with E-state index in [2.05, 4.69) is 13.8 Å². The van der Waals surface area contributed by atoms with Crippen molar-refractivity contribution >= 4 is 5.97 Å². The third kappa shape index (κ3) is 8.53. The minimum atomic E-state index is -1.24. The van der Waals surface area contributed by atoms with Crippen LogP contribution < -0.4 is 9.47 Å². The molecule has 0 spiro atoms. The van der Waals surface area contributed by atoms with Crippen LogP contribution in [0.25, 0.3) is 0 Å². The van der Waals surface area contributed by atoms with Crippen molar-refractivity contribution in [2.24, 2.45) is 17.8 Å². The SMILES string of the molecule is CCCCCCOc1ccc(OC(=O)C2CCC(C3OCC(CCCCC)CO3)CC2F)cc1. The minimum Gasteiger partial charge on any atom is -0.494 e. The number of benzene rings is 1. The van der Waals surface area contributed by atoms with Gasteiger partial charge in [-0.2, -0.15) is 0 Å². The van der Waals surface area contributed by atoms with Gasteiger partial charge in [0.25, 0.3) is 0 Å². The van der Waals surface area contributed by atoms with Crippen molar-refractivity contribution in [3.05, 3.63) is 24.3 Å². The summed E-state index contributed by atoms with van der Waals surface area (Å²) in [6.45, 7) is 6.43. The molecule has 0 N–H and O–H groups in total. The third-order valence-electron chi connectivity index (χ3n) is 7.02. The van der Waals surface area contributed by atoms with E-state index in [9.17, 15) is 9.18 Å². The standard InChI is InChI=1S/C28H43FO5/c1-3-5-7-9-17-31-23-12-14-24(15-13-23)34-27(30)25-16-11-22(18-26(25)29)28-32-19-21(20-33-28)10-8-6-4-2/h12-15,21-22,25-26,28H,3-11,16-20H2,1-2H3. The van der Waals surface area contributed by atoms with Crippen molar-refractivity contribution in [2.75, 3.05) is 19.8 Å². The molecule has 1 aliphatic carbocycles. The maximum atomic E-state index is 14.9. The second-order valence-electron chi connectivity index (χ2n) is 9.89. The predicted octanol–water partition coefficient (Wildman–Crippen LogP) is 6.87. The highest BCUT2D eigenvalue weighted by molar-refractivity contribution is 5.76. The third-order valence-corrected chi connectivity index (χ3v) is 7.02. The second kappa shape index (κ2) is 14.7. The smallest absolute Gasteiger partial charge is 0.317 e. The number of alkyl halides is 1. The lowest BCUT2D eigenvalue weighted by atomic mass is 9.80. The number of rotatable bonds is 13. The zero-order valence-corrected chi connectivity index (χ0v) is 21.0. The molecule has 1 heterocycles. The molecule has 0 radical (unpaired) electrons. The summed E-state index contributed by atoms with van der Waals surface area (Å²) >= 11 is 0. The zero-order chi connectivity index (χ0) is 24.2. The minimum absolute atomic E-state index is 0.00981. The molecule has 192 valence electrons. The Morgan fingerprint density at radius 1 is 0.941 bits per heavy atom. The Labute approximate surface area is 204 Å². The van der Waals surface area contributed by atoms with Gasteiger partial charge in [-0.25, -0.2) is 4.39 Å². The zero-order valence-electron chi connectivity index (χ0n) is 21.0. The van der Waals surface area contributed by atoms with Gasteiger partial charge in [-0.05, 0) is 56.4 Å². The van der Waals surface area contributed by atoms with Crippen molar-refractivity contribution < 1.29 is 28.1 Å². The van der Waals surface area contributed by atoms with Gasteiger partial charge in [0.15, 0.2) is 6.29 Å². The van der Waals surface area contributed by atoms with Gasteiger partial charge in [0, 0.05) is 11.8 Å². The Balaban J connectivity index is 1.37. The number of ether oxygens (including phenoxy) is 4. The molecule has 0 aromatic heterocycles. The van der Waals surface area contributed by atoms with E-state index < -0.39 is 18.1 Å². The largest absolute Gasteiger partial charge is 0.494 e. The van der Waals surface area contributed by atoms with Crippen molar-refractivity contribution in [3.8, 4) is 11.5 Å². The van der Waals surface area contributed by atoms with Gasteiger partial charge in [-0.15, -0.1) is 0 Å². The molecule has 1 aromatic rings. The van der Waals surface area contributed by atoms with Crippen LogP contribution in [0, 0.1) is 17.8 Å². The van der Waals surface area contributed by atoms with E-state index in [1.165, 1.54) is 32.1 Å². The van der Waals surface area contributed by atoms with Crippen molar-refractivity contribution in [1.29, 1.82) is 0 Å². The Bertz CT molecular complexity index is 701. The number of unbranched alkanes of at least 4 members (excludes halogenated alkanes) is 5. The molecule has 6 heteroatoms. The van der Waals surface area contributed by atoms with Crippen LogP contribution in [0.3, 0.4) is 0 Å². The topological polar surface area (TPSA) is 54.0 Å². The Hall–Kier alpha value is -1.66. The van der Waals surface area contributed by atoms with Crippen LogP contribution in [-0.4, -0.2) is 38.3 Å². The number of hydrogen-bond donors (Lipinski definition) is 0. The summed E-state index contributed by atoms with van der Waals surface area (Å²) in [6.07, 6.45) is 9.21. The molecule has 1 saturated heterocycles. The fourth-order valence-electron chi connectivity index (χ4n) is 4.85. The molecule has 34 heavy (non-hydrogen) atoms. The van der Waals surface area contributed by atoms with E-state index in [4.69, 9.17) is 18.9 Å². The molecular formula is C28H43FO5. The number of hydrogen-bond acceptors (Lipinski definition) is 5. The second-order valence-corrected chi connectivity index (χ2v) is 9.89. The molecular weight excluding hydrogens is 435 g/mol. The summed E-state index contributed by atoms with van der Waals surface area (Å²) in [5, 5.41) is 0. The highest BCUT2D eigenvalue weighted by atomic mass is 19.1. The fraction of sp³-hybridized carbons (Fsp3) is 0.750. The molecule has 3 atom stereocenters. The van der Waals surface area contributed by atoms with E-state index in [-0.39, 0.29) is 18.6 Å². The van der Waals surface area contributed by atoms with Crippen LogP contribution >= 0.6 is 0 Å². The van der Waals surface area contributed by atoms with Crippen LogP contribution in [0.15, 0.2) is 24.3 Å². The van der Waals surface area contributed by atoms with Crippen molar-refractivity contribution in [2.45, 2.75) is 96.9 Å². The van der Waals surface area contributed by atoms with Crippen LogP contribution in [0.4, 0.5) is 4.39 Å². The molecule has 1 aromatic carbocycles. The molecule has 3 unspecified atom stereocenters. The summed E-state index contributed by atoms with van der Waals surface area (Å²) in [5.41, 5.74) is 0. The van der Waals surface area contributed by atoms with Gasteiger partial charge < -0.3 is 18.9 Å². The van der Waals surface area contributed by atoms with E-state index in [1.807, 2.05) is 0 Å². The van der Waals surface area contributed by atoms with E-state index >= 15 is 0 Å². The van der Waals surface area contributed by atoms with Crippen molar-refractivity contribution in [1.82, 2.24) is 0 Å². The molecule has 5 nitrogen and oxygen atoms in total. The van der Waals surface area contributed by atoms with Gasteiger partial charge in [-0.3, -0.25) is 4.79 Å². The lowest BCUT2D eigenvalue weighted by Crippen LogP contribution is -2.42. The first kappa shape index (κ1) is 26.9. The van der Waals surface area contributed by atoms with Crippen LogP contribution in [0.2, 0.25) is 0 Å². The molecule has 1 aliphatic heterocycles. The van der Waals surface area contributed by atoms with Gasteiger partial charge >= 0.3 is 5.97 Å². The lowest BCUT2D eigenvalue weighted by Gasteiger charge is -2.38. The number of carbonyl (C=O) groups excluding carboxylic acids is 1. The molecule has 1 saturated carbocycles. The van der Waals surface area contributed by atoms with Gasteiger partial charge in [-0.1, -0.05) is 52.4 Å².